The van der Waals surface area contributed by atoms with Crippen LogP contribution in [0.15, 0.2) is 23.1 Å². The molecule has 1 saturated heterocycles. The van der Waals surface area contributed by atoms with Crippen molar-refractivity contribution in [2.75, 3.05) is 25.1 Å². The number of hydrogen-bond donors (Lipinski definition) is 3. The Kier molecular flexibility index (Phi) is 5.97. The smallest absolute Gasteiger partial charge is 0.240 e. The zero-order chi connectivity index (χ0) is 17.8. The van der Waals surface area contributed by atoms with Crippen LogP contribution in [0.1, 0.15) is 31.7 Å². The van der Waals surface area contributed by atoms with Crippen molar-refractivity contribution in [2.24, 2.45) is 0 Å². The molecule has 0 aliphatic carbocycles. The third-order valence-corrected chi connectivity index (χ3v) is 5.65. The second-order valence-corrected chi connectivity index (χ2v) is 7.78. The van der Waals surface area contributed by atoms with Crippen LogP contribution < -0.4 is 10.0 Å². The monoisotopic (exact) mass is 356 g/mol. The van der Waals surface area contributed by atoms with Gasteiger partial charge in [-0.15, -0.1) is 0 Å². The van der Waals surface area contributed by atoms with Gasteiger partial charge in [0.2, 0.25) is 15.9 Å². The largest absolute Gasteiger partial charge is 0.388 e. The summed E-state index contributed by atoms with van der Waals surface area (Å²) in [5, 5.41) is 13.1. The Bertz CT molecular complexity index is 696. The van der Waals surface area contributed by atoms with Crippen LogP contribution >= 0.6 is 0 Å². The van der Waals surface area contributed by atoms with Crippen molar-refractivity contribution >= 4 is 21.6 Å². The highest BCUT2D eigenvalue weighted by Crippen LogP contribution is 2.23. The number of amides is 1. The number of nitrogens with one attached hydrogen (secondary N) is 2. The second-order valence-electron chi connectivity index (χ2n) is 6.04. The van der Waals surface area contributed by atoms with Crippen molar-refractivity contribution in [1.29, 1.82) is 0 Å². The van der Waals surface area contributed by atoms with Gasteiger partial charge < -0.3 is 15.2 Å². The topological polar surface area (TPSA) is 105 Å². The van der Waals surface area contributed by atoms with Gasteiger partial charge in [0.15, 0.2) is 0 Å². The summed E-state index contributed by atoms with van der Waals surface area (Å²) in [7, 11) is -3.74. The SMILES string of the molecule is CCC(=O)Nc1ccc(S(=O)(=O)NCC2(O)CCOCC2)c(C)c1. The van der Waals surface area contributed by atoms with Gasteiger partial charge in [0, 0.05) is 44.7 Å². The highest BCUT2D eigenvalue weighted by Gasteiger charge is 2.31. The fourth-order valence-electron chi connectivity index (χ4n) is 2.51. The molecule has 1 aromatic carbocycles. The molecule has 0 atom stereocenters. The van der Waals surface area contributed by atoms with Gasteiger partial charge in [-0.05, 0) is 30.7 Å². The standard InChI is InChI=1S/C16H24N2O5S/c1-3-15(19)18-13-4-5-14(12(2)10-13)24(21,22)17-11-16(20)6-8-23-9-7-16/h4-5,10,17,20H,3,6-9,11H2,1-2H3,(H,18,19). The first kappa shape index (κ1) is 18.9. The van der Waals surface area contributed by atoms with Crippen molar-refractivity contribution in [3.05, 3.63) is 23.8 Å². The number of ether oxygens (including phenoxy) is 1. The molecule has 134 valence electrons. The van der Waals surface area contributed by atoms with Crippen LogP contribution in [0.25, 0.3) is 0 Å². The molecule has 3 N–H and O–H groups in total. The lowest BCUT2D eigenvalue weighted by molar-refractivity contribution is -0.115. The predicted octanol–water partition coefficient (Wildman–Crippen LogP) is 1.16. The summed E-state index contributed by atoms with van der Waals surface area (Å²) in [6, 6.07) is 4.63. The van der Waals surface area contributed by atoms with Gasteiger partial charge >= 0.3 is 0 Å². The van der Waals surface area contributed by atoms with Gasteiger partial charge in [-0.1, -0.05) is 6.92 Å². The van der Waals surface area contributed by atoms with Crippen molar-refractivity contribution in [3.63, 3.8) is 0 Å². The lowest BCUT2D eigenvalue weighted by atomic mass is 9.95. The van der Waals surface area contributed by atoms with E-state index in [9.17, 15) is 18.3 Å². The van der Waals surface area contributed by atoms with Crippen molar-refractivity contribution < 1.29 is 23.1 Å². The molecule has 1 amide bonds. The summed E-state index contributed by atoms with van der Waals surface area (Å²) in [5.74, 6) is -0.134. The average Bonchev–Trinajstić information content (AvgIpc) is 2.54. The van der Waals surface area contributed by atoms with Crippen molar-refractivity contribution in [1.82, 2.24) is 4.72 Å². The molecule has 1 aliphatic heterocycles. The van der Waals surface area contributed by atoms with Gasteiger partial charge in [-0.2, -0.15) is 0 Å². The van der Waals surface area contributed by atoms with E-state index in [1.165, 1.54) is 6.07 Å². The molecule has 0 radical (unpaired) electrons. The van der Waals surface area contributed by atoms with Gasteiger partial charge in [0.1, 0.15) is 0 Å². The van der Waals surface area contributed by atoms with Gasteiger partial charge in [-0.3, -0.25) is 4.79 Å². The third-order valence-electron chi connectivity index (χ3n) is 4.08. The fourth-order valence-corrected chi connectivity index (χ4v) is 3.86. The number of sulfonamides is 1. The van der Waals surface area contributed by atoms with E-state index < -0.39 is 15.6 Å². The number of hydrogen-bond acceptors (Lipinski definition) is 5. The van der Waals surface area contributed by atoms with E-state index in [0.29, 0.717) is 43.7 Å². The average molecular weight is 356 g/mol. The van der Waals surface area contributed by atoms with Crippen LogP contribution in [0.4, 0.5) is 5.69 Å². The summed E-state index contributed by atoms with van der Waals surface area (Å²) < 4.78 is 32.6. The highest BCUT2D eigenvalue weighted by atomic mass is 32.2. The van der Waals surface area contributed by atoms with E-state index in [1.54, 1.807) is 26.0 Å². The second kappa shape index (κ2) is 7.60. The van der Waals surface area contributed by atoms with Crippen molar-refractivity contribution in [2.45, 2.75) is 43.6 Å². The summed E-state index contributed by atoms with van der Waals surface area (Å²) in [6.07, 6.45) is 1.15. The van der Waals surface area contributed by atoms with Crippen LogP contribution in [0.2, 0.25) is 0 Å². The Morgan fingerprint density at radius 3 is 2.58 bits per heavy atom. The first-order chi connectivity index (χ1) is 11.3. The first-order valence-corrected chi connectivity index (χ1v) is 9.44. The summed E-state index contributed by atoms with van der Waals surface area (Å²) in [5.41, 5.74) is 0.00517. The Labute approximate surface area is 142 Å². The zero-order valence-corrected chi connectivity index (χ0v) is 14.8. The third kappa shape index (κ3) is 4.76. The molecule has 0 saturated carbocycles. The summed E-state index contributed by atoms with van der Waals surface area (Å²) in [6.45, 7) is 4.20. The number of carbonyl (C=O) groups is 1. The molecule has 2 rings (SSSR count). The Morgan fingerprint density at radius 1 is 1.33 bits per heavy atom. The van der Waals surface area contributed by atoms with Crippen LogP contribution in [0.5, 0.6) is 0 Å². The fraction of sp³-hybridized carbons (Fsp3) is 0.562. The Balaban J connectivity index is 2.09. The van der Waals surface area contributed by atoms with Crippen LogP contribution in [0, 0.1) is 6.92 Å². The molecule has 1 aliphatic rings. The molecule has 8 heteroatoms. The molecule has 1 fully saturated rings. The Morgan fingerprint density at radius 2 is 2.00 bits per heavy atom. The maximum absolute atomic E-state index is 12.5. The van der Waals surface area contributed by atoms with Crippen LogP contribution in [0.3, 0.4) is 0 Å². The molecule has 0 aromatic heterocycles. The number of carbonyl (C=O) groups excluding carboxylic acids is 1. The number of aryl methyl sites for hydroxylation is 1. The molecule has 1 aromatic rings. The maximum Gasteiger partial charge on any atom is 0.240 e. The number of anilines is 1. The normalized spacial score (nSPS) is 17.5. The molecular weight excluding hydrogens is 332 g/mol. The minimum atomic E-state index is -3.74. The molecular formula is C16H24N2O5S. The van der Waals surface area contributed by atoms with E-state index in [4.69, 9.17) is 4.74 Å². The molecule has 0 spiro atoms. The van der Waals surface area contributed by atoms with Crippen LogP contribution in [-0.4, -0.2) is 44.8 Å². The zero-order valence-electron chi connectivity index (χ0n) is 14.0. The minimum Gasteiger partial charge on any atom is -0.388 e. The lowest BCUT2D eigenvalue weighted by Crippen LogP contribution is -2.46. The lowest BCUT2D eigenvalue weighted by Gasteiger charge is -2.32. The molecule has 0 unspecified atom stereocenters. The van der Waals surface area contributed by atoms with Gasteiger partial charge in [0.25, 0.3) is 0 Å². The number of aliphatic hydroxyl groups is 1. The molecule has 1 heterocycles. The molecule has 7 nitrogen and oxygen atoms in total. The van der Waals surface area contributed by atoms with E-state index >= 15 is 0 Å². The minimum absolute atomic E-state index is 0.0492. The quantitative estimate of drug-likeness (QED) is 0.709. The summed E-state index contributed by atoms with van der Waals surface area (Å²) in [4.78, 5) is 11.5. The van der Waals surface area contributed by atoms with E-state index in [-0.39, 0.29) is 17.3 Å². The highest BCUT2D eigenvalue weighted by molar-refractivity contribution is 7.89. The number of benzene rings is 1. The Hall–Kier alpha value is -1.48. The van der Waals surface area contributed by atoms with Crippen molar-refractivity contribution in [3.8, 4) is 0 Å². The number of rotatable bonds is 6. The molecule has 24 heavy (non-hydrogen) atoms. The molecule has 0 bridgehead atoms. The van der Waals surface area contributed by atoms with E-state index in [0.717, 1.165) is 0 Å². The summed E-state index contributed by atoms with van der Waals surface area (Å²) >= 11 is 0. The van der Waals surface area contributed by atoms with Gasteiger partial charge in [-0.25, -0.2) is 13.1 Å². The van der Waals surface area contributed by atoms with Gasteiger partial charge in [0.05, 0.1) is 10.5 Å². The first-order valence-electron chi connectivity index (χ1n) is 7.96. The maximum atomic E-state index is 12.5. The van der Waals surface area contributed by atoms with Crippen LogP contribution in [-0.2, 0) is 19.6 Å². The van der Waals surface area contributed by atoms with E-state index in [1.807, 2.05) is 0 Å². The predicted molar refractivity (Wildman–Crippen MR) is 90.3 cm³/mol. The van der Waals surface area contributed by atoms with E-state index in [2.05, 4.69) is 10.0 Å².